The average molecular weight is 295 g/mol. The van der Waals surface area contributed by atoms with Crippen LogP contribution in [0.25, 0.3) is 0 Å². The maximum Gasteiger partial charge on any atom is 0.387 e. The lowest BCUT2D eigenvalue weighted by atomic mass is 10.1. The minimum Gasteiger partial charge on any atom is -0.434 e. The molecule has 0 saturated heterocycles. The Balaban J connectivity index is 2.04. The van der Waals surface area contributed by atoms with Crippen LogP contribution in [0.1, 0.15) is 29.8 Å². The zero-order valence-corrected chi connectivity index (χ0v) is 12.3. The number of hydrogen-bond acceptors (Lipinski definition) is 3. The standard InChI is InChI=1S/C15H19F2N3O/c1-10(13-9-19-20(3)11(13)2)18-8-12-6-4-5-7-14(12)21-15(16)17/h4-7,9-10,15,18H,8H2,1-3H3. The molecule has 1 unspecified atom stereocenters. The van der Waals surface area contributed by atoms with Gasteiger partial charge in [-0.05, 0) is 19.9 Å². The monoisotopic (exact) mass is 295 g/mol. The highest BCUT2D eigenvalue weighted by molar-refractivity contribution is 5.33. The van der Waals surface area contributed by atoms with E-state index in [1.54, 1.807) is 28.9 Å². The van der Waals surface area contributed by atoms with Crippen molar-refractivity contribution < 1.29 is 13.5 Å². The van der Waals surface area contributed by atoms with E-state index in [1.807, 2.05) is 27.1 Å². The molecular weight excluding hydrogens is 276 g/mol. The molecule has 0 spiro atoms. The number of para-hydroxylation sites is 1. The number of hydrogen-bond donors (Lipinski definition) is 1. The molecule has 1 atom stereocenters. The minimum absolute atomic E-state index is 0.0679. The van der Waals surface area contributed by atoms with Crippen LogP contribution in [-0.2, 0) is 13.6 Å². The number of aryl methyl sites for hydroxylation is 1. The molecule has 0 aliphatic heterocycles. The molecule has 0 radical (unpaired) electrons. The molecule has 114 valence electrons. The molecule has 2 aromatic rings. The zero-order chi connectivity index (χ0) is 15.4. The van der Waals surface area contributed by atoms with Gasteiger partial charge in [-0.1, -0.05) is 18.2 Å². The van der Waals surface area contributed by atoms with Crippen molar-refractivity contribution in [3.8, 4) is 5.75 Å². The molecule has 0 bridgehead atoms. The fraction of sp³-hybridized carbons (Fsp3) is 0.400. The largest absolute Gasteiger partial charge is 0.434 e. The molecule has 0 saturated carbocycles. The summed E-state index contributed by atoms with van der Waals surface area (Å²) in [4.78, 5) is 0. The van der Waals surface area contributed by atoms with Crippen LogP contribution in [0, 0.1) is 6.92 Å². The van der Waals surface area contributed by atoms with Crippen molar-refractivity contribution in [1.29, 1.82) is 0 Å². The molecule has 0 aliphatic rings. The van der Waals surface area contributed by atoms with Crippen LogP contribution >= 0.6 is 0 Å². The summed E-state index contributed by atoms with van der Waals surface area (Å²) in [6, 6.07) is 6.86. The Labute approximate surface area is 122 Å². The molecule has 0 amide bonds. The molecular formula is C15H19F2N3O. The highest BCUT2D eigenvalue weighted by atomic mass is 19.3. The summed E-state index contributed by atoms with van der Waals surface area (Å²) in [6.45, 7) is 1.64. The van der Waals surface area contributed by atoms with Crippen LogP contribution in [-0.4, -0.2) is 16.4 Å². The SMILES string of the molecule is Cc1c(C(C)NCc2ccccc2OC(F)F)cnn1C. The molecule has 1 aromatic heterocycles. The fourth-order valence-electron chi connectivity index (χ4n) is 2.17. The van der Waals surface area contributed by atoms with Gasteiger partial charge in [-0.15, -0.1) is 0 Å². The van der Waals surface area contributed by atoms with Crippen molar-refractivity contribution in [2.24, 2.45) is 7.05 Å². The predicted molar refractivity (Wildman–Crippen MR) is 76.3 cm³/mol. The highest BCUT2D eigenvalue weighted by Crippen LogP contribution is 2.22. The van der Waals surface area contributed by atoms with E-state index in [-0.39, 0.29) is 11.8 Å². The van der Waals surface area contributed by atoms with Crippen molar-refractivity contribution in [1.82, 2.24) is 15.1 Å². The second-order valence-corrected chi connectivity index (χ2v) is 4.90. The number of ether oxygens (including phenoxy) is 1. The Morgan fingerprint density at radius 3 is 2.67 bits per heavy atom. The average Bonchev–Trinajstić information content (AvgIpc) is 2.77. The van der Waals surface area contributed by atoms with Crippen LogP contribution in [0.5, 0.6) is 5.75 Å². The van der Waals surface area contributed by atoms with Gasteiger partial charge in [0.2, 0.25) is 0 Å². The van der Waals surface area contributed by atoms with E-state index in [0.717, 1.165) is 11.3 Å². The number of aromatic nitrogens is 2. The quantitative estimate of drug-likeness (QED) is 0.889. The number of benzene rings is 1. The van der Waals surface area contributed by atoms with Gasteiger partial charge >= 0.3 is 6.61 Å². The van der Waals surface area contributed by atoms with Gasteiger partial charge < -0.3 is 10.1 Å². The third-order valence-electron chi connectivity index (χ3n) is 3.53. The van der Waals surface area contributed by atoms with E-state index < -0.39 is 6.61 Å². The molecule has 6 heteroatoms. The summed E-state index contributed by atoms with van der Waals surface area (Å²) < 4.78 is 31.1. The van der Waals surface area contributed by atoms with Crippen molar-refractivity contribution >= 4 is 0 Å². The molecule has 2 rings (SSSR count). The first-order valence-corrected chi connectivity index (χ1v) is 6.73. The van der Waals surface area contributed by atoms with Gasteiger partial charge in [0, 0.05) is 36.5 Å². The number of alkyl halides is 2. The Morgan fingerprint density at radius 1 is 1.33 bits per heavy atom. The van der Waals surface area contributed by atoms with Gasteiger partial charge in [-0.2, -0.15) is 13.9 Å². The second-order valence-electron chi connectivity index (χ2n) is 4.90. The summed E-state index contributed by atoms with van der Waals surface area (Å²) in [5, 5.41) is 7.51. The van der Waals surface area contributed by atoms with Crippen molar-refractivity contribution in [3.63, 3.8) is 0 Å². The van der Waals surface area contributed by atoms with Crippen molar-refractivity contribution in [2.45, 2.75) is 33.0 Å². The van der Waals surface area contributed by atoms with Gasteiger partial charge in [-0.25, -0.2) is 0 Å². The molecule has 4 nitrogen and oxygen atoms in total. The summed E-state index contributed by atoms with van der Waals surface area (Å²) in [5.41, 5.74) is 2.86. The van der Waals surface area contributed by atoms with Gasteiger partial charge in [0.25, 0.3) is 0 Å². The lowest BCUT2D eigenvalue weighted by Gasteiger charge is -2.16. The first-order chi connectivity index (χ1) is 9.99. The van der Waals surface area contributed by atoms with Crippen LogP contribution in [0.3, 0.4) is 0 Å². The van der Waals surface area contributed by atoms with Gasteiger partial charge in [-0.3, -0.25) is 4.68 Å². The Bertz CT molecular complexity index is 598. The first-order valence-electron chi connectivity index (χ1n) is 6.73. The molecule has 1 N–H and O–H groups in total. The van der Waals surface area contributed by atoms with E-state index in [4.69, 9.17) is 0 Å². The zero-order valence-electron chi connectivity index (χ0n) is 12.3. The van der Waals surface area contributed by atoms with Crippen LogP contribution in [0.15, 0.2) is 30.5 Å². The third kappa shape index (κ3) is 3.78. The fourth-order valence-corrected chi connectivity index (χ4v) is 2.17. The van der Waals surface area contributed by atoms with Crippen LogP contribution < -0.4 is 10.1 Å². The summed E-state index contributed by atoms with van der Waals surface area (Å²) in [7, 11) is 1.89. The molecule has 1 aromatic carbocycles. The Morgan fingerprint density at radius 2 is 2.05 bits per heavy atom. The normalized spacial score (nSPS) is 12.7. The third-order valence-corrected chi connectivity index (χ3v) is 3.53. The highest BCUT2D eigenvalue weighted by Gasteiger charge is 2.13. The van der Waals surface area contributed by atoms with Gasteiger partial charge in [0.15, 0.2) is 0 Å². The number of nitrogens with zero attached hydrogens (tertiary/aromatic N) is 2. The Hall–Kier alpha value is -1.95. The van der Waals surface area contributed by atoms with Crippen molar-refractivity contribution in [2.75, 3.05) is 0 Å². The molecule has 0 aliphatic carbocycles. The summed E-state index contributed by atoms with van der Waals surface area (Å²) >= 11 is 0. The van der Waals surface area contributed by atoms with Crippen molar-refractivity contribution in [3.05, 3.63) is 47.3 Å². The number of nitrogens with one attached hydrogen (secondary N) is 1. The Kier molecular flexibility index (Phi) is 4.90. The second kappa shape index (κ2) is 6.67. The van der Waals surface area contributed by atoms with Gasteiger partial charge in [0.05, 0.1) is 6.20 Å². The van der Waals surface area contributed by atoms with Gasteiger partial charge in [0.1, 0.15) is 5.75 Å². The summed E-state index contributed by atoms with van der Waals surface area (Å²) in [6.07, 6.45) is 1.81. The maximum atomic E-state index is 12.4. The smallest absolute Gasteiger partial charge is 0.387 e. The maximum absolute atomic E-state index is 12.4. The minimum atomic E-state index is -2.82. The number of halogens is 2. The van der Waals surface area contributed by atoms with Crippen LogP contribution in [0.4, 0.5) is 8.78 Å². The lowest BCUT2D eigenvalue weighted by molar-refractivity contribution is -0.0505. The van der Waals surface area contributed by atoms with E-state index >= 15 is 0 Å². The predicted octanol–water partition coefficient (Wildman–Crippen LogP) is 3.18. The molecule has 0 fully saturated rings. The molecule has 21 heavy (non-hydrogen) atoms. The lowest BCUT2D eigenvalue weighted by Crippen LogP contribution is -2.19. The van der Waals surface area contributed by atoms with E-state index in [9.17, 15) is 8.78 Å². The van der Waals surface area contributed by atoms with E-state index in [2.05, 4.69) is 15.2 Å². The van der Waals surface area contributed by atoms with Crippen LogP contribution in [0.2, 0.25) is 0 Å². The first kappa shape index (κ1) is 15.4. The molecule has 1 heterocycles. The van der Waals surface area contributed by atoms with E-state index in [1.165, 1.54) is 0 Å². The summed E-state index contributed by atoms with van der Waals surface area (Å²) in [5.74, 6) is 0.204. The van der Waals surface area contributed by atoms with E-state index in [0.29, 0.717) is 12.1 Å². The topological polar surface area (TPSA) is 39.1 Å². The number of rotatable bonds is 6.